The van der Waals surface area contributed by atoms with Crippen LogP contribution in [-0.2, 0) is 10.0 Å². The summed E-state index contributed by atoms with van der Waals surface area (Å²) >= 11 is 3.01. The van der Waals surface area contributed by atoms with Crippen LogP contribution in [0.4, 0.5) is 20.2 Å². The van der Waals surface area contributed by atoms with Gasteiger partial charge in [-0.15, -0.1) is 0 Å². The molecule has 0 aromatic heterocycles. The Hall–Kier alpha value is -1.67. The van der Waals surface area contributed by atoms with Crippen molar-refractivity contribution in [2.45, 2.75) is 4.90 Å². The minimum absolute atomic E-state index is 0.0666. The Morgan fingerprint density at radius 3 is 2.38 bits per heavy atom. The third kappa shape index (κ3) is 2.86. The maximum Gasteiger partial charge on any atom is 0.267 e. The van der Waals surface area contributed by atoms with Crippen LogP contribution in [0.2, 0.25) is 0 Å². The van der Waals surface area contributed by atoms with Crippen molar-refractivity contribution in [3.8, 4) is 0 Å². The van der Waals surface area contributed by atoms with Gasteiger partial charge >= 0.3 is 0 Å². The quantitative estimate of drug-likeness (QED) is 0.836. The Labute approximate surface area is 129 Å². The minimum atomic E-state index is -4.27. The van der Waals surface area contributed by atoms with Crippen molar-refractivity contribution in [1.82, 2.24) is 0 Å². The number of rotatable bonds is 3. The molecular weight excluding hydrogens is 366 g/mol. The number of nitrogens with two attached hydrogens (primary N) is 1. The first-order valence-corrected chi connectivity index (χ1v) is 7.96. The fourth-order valence-electron chi connectivity index (χ4n) is 1.73. The molecule has 8 heteroatoms. The predicted molar refractivity (Wildman–Crippen MR) is 80.5 cm³/mol. The highest BCUT2D eigenvalue weighted by atomic mass is 79.9. The molecule has 21 heavy (non-hydrogen) atoms. The summed E-state index contributed by atoms with van der Waals surface area (Å²) in [6.45, 7) is 0. The van der Waals surface area contributed by atoms with Crippen LogP contribution in [0.1, 0.15) is 0 Å². The molecule has 2 aromatic carbocycles. The van der Waals surface area contributed by atoms with Crippen LogP contribution in [0, 0.1) is 11.6 Å². The van der Waals surface area contributed by atoms with E-state index in [9.17, 15) is 17.2 Å². The molecule has 0 aliphatic carbocycles. The van der Waals surface area contributed by atoms with Gasteiger partial charge in [-0.2, -0.15) is 0 Å². The molecule has 0 aliphatic heterocycles. The lowest BCUT2D eigenvalue weighted by molar-refractivity contribution is 0.563. The molecule has 0 aliphatic rings. The van der Waals surface area contributed by atoms with Crippen LogP contribution < -0.4 is 10.0 Å². The number of hydrogen-bond donors (Lipinski definition) is 1. The summed E-state index contributed by atoms with van der Waals surface area (Å²) < 4.78 is 53.4. The summed E-state index contributed by atoms with van der Waals surface area (Å²) in [5.74, 6) is -1.70. The number of para-hydroxylation sites is 1. The van der Waals surface area contributed by atoms with Gasteiger partial charge in [0.2, 0.25) is 0 Å². The van der Waals surface area contributed by atoms with Crippen molar-refractivity contribution < 1.29 is 17.2 Å². The highest BCUT2D eigenvalue weighted by molar-refractivity contribution is 9.10. The summed E-state index contributed by atoms with van der Waals surface area (Å²) in [4.78, 5) is -0.617. The van der Waals surface area contributed by atoms with Gasteiger partial charge in [0, 0.05) is 17.2 Å². The number of sulfonamides is 1. The Morgan fingerprint density at radius 2 is 1.76 bits per heavy atom. The van der Waals surface area contributed by atoms with Gasteiger partial charge in [-0.1, -0.05) is 12.1 Å². The van der Waals surface area contributed by atoms with Crippen molar-refractivity contribution in [2.75, 3.05) is 17.1 Å². The molecule has 0 unspecified atom stereocenters. The largest absolute Gasteiger partial charge is 0.398 e. The molecule has 112 valence electrons. The van der Waals surface area contributed by atoms with Crippen molar-refractivity contribution in [3.63, 3.8) is 0 Å². The number of anilines is 2. The standard InChI is InChI=1S/C13H11BrF2N2O2S/c1-18(12-5-3-2-4-9(12)15)21(19,20)13-7-11(17)8(14)6-10(13)16/h2-7H,17H2,1H3. The third-order valence-corrected chi connectivity index (χ3v) is 5.35. The number of hydrogen-bond acceptors (Lipinski definition) is 3. The van der Waals surface area contributed by atoms with Gasteiger partial charge in [-0.25, -0.2) is 17.2 Å². The lowest BCUT2D eigenvalue weighted by Gasteiger charge is -2.20. The molecule has 0 bridgehead atoms. The van der Waals surface area contributed by atoms with Crippen molar-refractivity contribution in [1.29, 1.82) is 0 Å². The normalized spacial score (nSPS) is 11.4. The van der Waals surface area contributed by atoms with Gasteiger partial charge in [0.15, 0.2) is 0 Å². The predicted octanol–water partition coefficient (Wildman–Crippen LogP) is 3.13. The Balaban J connectivity index is 2.58. The second-order valence-corrected chi connectivity index (χ2v) is 7.02. The zero-order valence-corrected chi connectivity index (χ0v) is 13.2. The fraction of sp³-hybridized carbons (Fsp3) is 0.0769. The van der Waals surface area contributed by atoms with E-state index in [1.807, 2.05) is 0 Å². The zero-order chi connectivity index (χ0) is 15.8. The van der Waals surface area contributed by atoms with Gasteiger partial charge in [-0.05, 0) is 40.2 Å². The van der Waals surface area contributed by atoms with E-state index in [0.717, 1.165) is 25.2 Å². The maximum atomic E-state index is 13.9. The van der Waals surface area contributed by atoms with Crippen LogP contribution in [0.5, 0.6) is 0 Å². The molecular formula is C13H11BrF2N2O2S. The maximum absolute atomic E-state index is 13.9. The zero-order valence-electron chi connectivity index (χ0n) is 10.8. The van der Waals surface area contributed by atoms with E-state index in [2.05, 4.69) is 15.9 Å². The third-order valence-electron chi connectivity index (χ3n) is 2.88. The highest BCUT2D eigenvalue weighted by Crippen LogP contribution is 2.30. The second-order valence-electron chi connectivity index (χ2n) is 4.23. The molecule has 0 saturated carbocycles. The van der Waals surface area contributed by atoms with E-state index in [1.165, 1.54) is 18.2 Å². The summed E-state index contributed by atoms with van der Waals surface area (Å²) in [5, 5.41) is 0. The molecule has 2 aromatic rings. The molecule has 0 fully saturated rings. The number of nitrogens with zero attached hydrogens (tertiary/aromatic N) is 1. The summed E-state index contributed by atoms with van der Waals surface area (Å²) in [6, 6.07) is 7.26. The van der Waals surface area contributed by atoms with Gasteiger partial charge in [0.25, 0.3) is 10.0 Å². The highest BCUT2D eigenvalue weighted by Gasteiger charge is 2.27. The minimum Gasteiger partial charge on any atom is -0.398 e. The molecule has 0 heterocycles. The summed E-state index contributed by atoms with van der Waals surface area (Å²) in [5.41, 5.74) is 5.47. The first kappa shape index (κ1) is 15.7. The average Bonchev–Trinajstić information content (AvgIpc) is 2.42. The lowest BCUT2D eigenvalue weighted by atomic mass is 10.3. The Bertz CT molecular complexity index is 797. The van der Waals surface area contributed by atoms with E-state index in [1.54, 1.807) is 0 Å². The van der Waals surface area contributed by atoms with E-state index >= 15 is 0 Å². The monoisotopic (exact) mass is 376 g/mol. The van der Waals surface area contributed by atoms with E-state index < -0.39 is 26.6 Å². The van der Waals surface area contributed by atoms with Crippen molar-refractivity contribution in [2.24, 2.45) is 0 Å². The Morgan fingerprint density at radius 1 is 1.14 bits per heavy atom. The SMILES string of the molecule is CN(c1ccccc1F)S(=O)(=O)c1cc(N)c(Br)cc1F. The molecule has 0 atom stereocenters. The van der Waals surface area contributed by atoms with Crippen LogP contribution >= 0.6 is 15.9 Å². The van der Waals surface area contributed by atoms with E-state index in [-0.39, 0.29) is 15.8 Å². The van der Waals surface area contributed by atoms with Crippen LogP contribution in [-0.4, -0.2) is 15.5 Å². The Kier molecular flexibility index (Phi) is 4.20. The van der Waals surface area contributed by atoms with Gasteiger partial charge in [-0.3, -0.25) is 4.31 Å². The van der Waals surface area contributed by atoms with Crippen LogP contribution in [0.3, 0.4) is 0 Å². The van der Waals surface area contributed by atoms with Crippen LogP contribution in [0.25, 0.3) is 0 Å². The molecule has 0 spiro atoms. The number of halogens is 3. The molecule has 2 N–H and O–H groups in total. The van der Waals surface area contributed by atoms with Gasteiger partial charge < -0.3 is 5.73 Å². The summed E-state index contributed by atoms with van der Waals surface area (Å²) in [6.07, 6.45) is 0. The summed E-state index contributed by atoms with van der Waals surface area (Å²) in [7, 11) is -3.12. The topological polar surface area (TPSA) is 63.4 Å². The fourth-order valence-corrected chi connectivity index (χ4v) is 3.33. The molecule has 0 amide bonds. The molecule has 2 rings (SSSR count). The van der Waals surface area contributed by atoms with E-state index in [0.29, 0.717) is 4.31 Å². The van der Waals surface area contributed by atoms with Crippen molar-refractivity contribution in [3.05, 3.63) is 52.5 Å². The smallest absolute Gasteiger partial charge is 0.267 e. The first-order chi connectivity index (χ1) is 9.75. The lowest BCUT2D eigenvalue weighted by Crippen LogP contribution is -2.28. The average molecular weight is 377 g/mol. The molecule has 0 saturated heterocycles. The van der Waals surface area contributed by atoms with Crippen molar-refractivity contribution >= 4 is 37.3 Å². The number of benzene rings is 2. The molecule has 0 radical (unpaired) electrons. The van der Waals surface area contributed by atoms with Crippen LogP contribution in [0.15, 0.2) is 45.8 Å². The van der Waals surface area contributed by atoms with E-state index in [4.69, 9.17) is 5.73 Å². The first-order valence-electron chi connectivity index (χ1n) is 5.73. The second kappa shape index (κ2) is 5.61. The molecule has 4 nitrogen and oxygen atoms in total. The number of nitrogen functional groups attached to an aromatic ring is 1. The van der Waals surface area contributed by atoms with Gasteiger partial charge in [0.1, 0.15) is 16.5 Å². The van der Waals surface area contributed by atoms with Gasteiger partial charge in [0.05, 0.1) is 5.69 Å².